The summed E-state index contributed by atoms with van der Waals surface area (Å²) in [6.07, 6.45) is 2.86. The van der Waals surface area contributed by atoms with Crippen LogP contribution in [0.1, 0.15) is 20.8 Å². The Balaban J connectivity index is 1.74. The van der Waals surface area contributed by atoms with Gasteiger partial charge in [0.05, 0.1) is 21.7 Å². The molecular weight excluding hydrogens is 440 g/mol. The van der Waals surface area contributed by atoms with Crippen molar-refractivity contribution in [3.63, 3.8) is 0 Å². The number of nitro benzene ring substituents is 1. The number of nitrogens with one attached hydrogen (secondary N) is 2. The molecule has 0 aliphatic rings. The van der Waals surface area contributed by atoms with Gasteiger partial charge in [0.15, 0.2) is 0 Å². The summed E-state index contributed by atoms with van der Waals surface area (Å²) in [7, 11) is 0. The summed E-state index contributed by atoms with van der Waals surface area (Å²) in [5.74, 6) is -1.19. The van der Waals surface area contributed by atoms with Crippen molar-refractivity contribution in [3.05, 3.63) is 103 Å². The molecule has 0 aliphatic heterocycles. The van der Waals surface area contributed by atoms with E-state index in [4.69, 9.17) is 11.6 Å². The monoisotopic (exact) mass is 454 g/mol. The Hall–Kier alpha value is -3.82. The first-order chi connectivity index (χ1) is 14.9. The Morgan fingerprint density at radius 2 is 1.81 bits per heavy atom. The van der Waals surface area contributed by atoms with Crippen LogP contribution in [0.3, 0.4) is 0 Å². The zero-order valence-electron chi connectivity index (χ0n) is 15.8. The van der Waals surface area contributed by atoms with E-state index < -0.39 is 16.7 Å². The molecule has 0 atom stereocenters. The molecule has 0 saturated heterocycles. The highest BCUT2D eigenvalue weighted by Gasteiger charge is 2.16. The summed E-state index contributed by atoms with van der Waals surface area (Å²) in [6, 6.07) is 15.7. The van der Waals surface area contributed by atoms with Gasteiger partial charge in [-0.15, -0.1) is 11.3 Å². The maximum Gasteiger partial charge on any atom is 0.287 e. The number of amides is 2. The quantitative estimate of drug-likeness (QED) is 0.240. The second kappa shape index (κ2) is 10.3. The van der Waals surface area contributed by atoms with E-state index in [1.165, 1.54) is 47.9 Å². The fraction of sp³-hybridized carbons (Fsp3) is 0. The highest BCUT2D eigenvalue weighted by molar-refractivity contribution is 7.10. The first-order valence-electron chi connectivity index (χ1n) is 8.83. The van der Waals surface area contributed by atoms with Crippen molar-refractivity contribution >= 4 is 52.7 Å². The number of benzene rings is 2. The van der Waals surface area contributed by atoms with E-state index in [-0.39, 0.29) is 22.0 Å². The van der Waals surface area contributed by atoms with Crippen LogP contribution in [-0.4, -0.2) is 23.0 Å². The number of carbonyl (C=O) groups excluding carboxylic acids is 2. The number of halogens is 1. The summed E-state index contributed by atoms with van der Waals surface area (Å²) in [5.41, 5.74) is 3.04. The number of carbonyl (C=O) groups is 2. The third-order valence-electron chi connectivity index (χ3n) is 3.92. The fourth-order valence-corrected chi connectivity index (χ4v) is 3.30. The number of hydrazone groups is 1. The molecule has 0 fully saturated rings. The second-order valence-corrected chi connectivity index (χ2v) is 7.44. The van der Waals surface area contributed by atoms with Gasteiger partial charge in [-0.3, -0.25) is 19.7 Å². The minimum atomic E-state index is -0.646. The molecule has 10 heteroatoms. The smallest absolute Gasteiger partial charge is 0.287 e. The molecule has 0 unspecified atom stereocenters. The maximum absolute atomic E-state index is 12.6. The normalized spacial score (nSPS) is 11.3. The lowest BCUT2D eigenvalue weighted by Gasteiger charge is -2.09. The summed E-state index contributed by atoms with van der Waals surface area (Å²) in [5, 5.41) is 19.2. The molecule has 31 heavy (non-hydrogen) atoms. The van der Waals surface area contributed by atoms with Crippen LogP contribution in [0.2, 0.25) is 5.02 Å². The summed E-state index contributed by atoms with van der Waals surface area (Å²) < 4.78 is 0. The average Bonchev–Trinajstić information content (AvgIpc) is 3.27. The van der Waals surface area contributed by atoms with E-state index >= 15 is 0 Å². The SMILES string of the molecule is O=C(NN=Cc1ccc([N+](=O)[O-])cc1)C(=Cc1cccs1)NC(=O)c1ccccc1Cl. The highest BCUT2D eigenvalue weighted by Crippen LogP contribution is 2.17. The molecule has 2 amide bonds. The van der Waals surface area contributed by atoms with Gasteiger partial charge in [-0.2, -0.15) is 5.10 Å². The Morgan fingerprint density at radius 3 is 2.45 bits per heavy atom. The number of hydrogen-bond acceptors (Lipinski definition) is 6. The van der Waals surface area contributed by atoms with Crippen molar-refractivity contribution in [2.75, 3.05) is 0 Å². The van der Waals surface area contributed by atoms with Gasteiger partial charge in [0, 0.05) is 17.0 Å². The summed E-state index contributed by atoms with van der Waals surface area (Å²) >= 11 is 7.45. The second-order valence-electron chi connectivity index (χ2n) is 6.06. The lowest BCUT2D eigenvalue weighted by molar-refractivity contribution is -0.384. The molecule has 3 rings (SSSR count). The molecule has 2 aromatic carbocycles. The minimum absolute atomic E-state index is 0.0202. The Bertz CT molecular complexity index is 1160. The Morgan fingerprint density at radius 1 is 1.06 bits per heavy atom. The minimum Gasteiger partial charge on any atom is -0.317 e. The molecular formula is C21H15ClN4O4S. The van der Waals surface area contributed by atoms with Crippen molar-refractivity contribution in [2.24, 2.45) is 5.10 Å². The maximum atomic E-state index is 12.6. The van der Waals surface area contributed by atoms with Gasteiger partial charge in [-0.25, -0.2) is 5.43 Å². The molecule has 0 radical (unpaired) electrons. The largest absolute Gasteiger partial charge is 0.317 e. The van der Waals surface area contributed by atoms with Crippen LogP contribution in [0.25, 0.3) is 6.08 Å². The summed E-state index contributed by atoms with van der Waals surface area (Å²) in [4.78, 5) is 36.2. The number of nitro groups is 1. The lowest BCUT2D eigenvalue weighted by atomic mass is 10.2. The number of nitrogens with zero attached hydrogens (tertiary/aromatic N) is 2. The summed E-state index contributed by atoms with van der Waals surface area (Å²) in [6.45, 7) is 0. The lowest BCUT2D eigenvalue weighted by Crippen LogP contribution is -2.32. The Kier molecular flexibility index (Phi) is 7.26. The molecule has 0 aliphatic carbocycles. The van der Waals surface area contributed by atoms with Crippen molar-refractivity contribution < 1.29 is 14.5 Å². The predicted octanol–water partition coefficient (Wildman–Crippen LogP) is 4.23. The zero-order valence-corrected chi connectivity index (χ0v) is 17.4. The van der Waals surface area contributed by atoms with Gasteiger partial charge in [0.1, 0.15) is 5.70 Å². The molecule has 1 heterocycles. The van der Waals surface area contributed by atoms with Gasteiger partial charge < -0.3 is 5.32 Å². The van der Waals surface area contributed by atoms with Gasteiger partial charge in [0.2, 0.25) is 0 Å². The van der Waals surface area contributed by atoms with Crippen molar-refractivity contribution in [2.45, 2.75) is 0 Å². The van der Waals surface area contributed by atoms with Crippen LogP contribution in [0.15, 0.2) is 76.8 Å². The topological polar surface area (TPSA) is 114 Å². The van der Waals surface area contributed by atoms with Crippen LogP contribution in [0.4, 0.5) is 5.69 Å². The third kappa shape index (κ3) is 6.08. The zero-order chi connectivity index (χ0) is 22.2. The Labute approximate surface area is 186 Å². The number of non-ortho nitro benzene ring substituents is 1. The van der Waals surface area contributed by atoms with Crippen LogP contribution < -0.4 is 10.7 Å². The van der Waals surface area contributed by atoms with E-state index in [0.717, 1.165) is 4.88 Å². The molecule has 3 aromatic rings. The van der Waals surface area contributed by atoms with Crippen molar-refractivity contribution in [3.8, 4) is 0 Å². The molecule has 2 N–H and O–H groups in total. The molecule has 0 saturated carbocycles. The standard InChI is InChI=1S/C21H15ClN4O4S/c22-18-6-2-1-5-17(18)20(27)24-19(12-16-4-3-11-31-16)21(28)25-23-13-14-7-9-15(10-8-14)26(29)30/h1-13H,(H,24,27)(H,25,28). The van der Waals surface area contributed by atoms with E-state index in [1.54, 1.807) is 30.3 Å². The number of rotatable bonds is 7. The van der Waals surface area contributed by atoms with E-state index in [2.05, 4.69) is 15.8 Å². The van der Waals surface area contributed by atoms with E-state index in [1.807, 2.05) is 11.4 Å². The van der Waals surface area contributed by atoms with Crippen LogP contribution >= 0.6 is 22.9 Å². The van der Waals surface area contributed by atoms with Crippen molar-refractivity contribution in [1.29, 1.82) is 0 Å². The van der Waals surface area contributed by atoms with Gasteiger partial charge in [-0.05, 0) is 47.4 Å². The molecule has 1 aromatic heterocycles. The van der Waals surface area contributed by atoms with Gasteiger partial charge >= 0.3 is 0 Å². The van der Waals surface area contributed by atoms with Crippen molar-refractivity contribution in [1.82, 2.24) is 10.7 Å². The van der Waals surface area contributed by atoms with Gasteiger partial charge in [0.25, 0.3) is 17.5 Å². The van der Waals surface area contributed by atoms with E-state index in [0.29, 0.717) is 5.56 Å². The highest BCUT2D eigenvalue weighted by atomic mass is 35.5. The molecule has 0 bridgehead atoms. The predicted molar refractivity (Wildman–Crippen MR) is 120 cm³/mol. The molecule has 8 nitrogen and oxygen atoms in total. The third-order valence-corrected chi connectivity index (χ3v) is 5.07. The molecule has 0 spiro atoms. The first-order valence-corrected chi connectivity index (χ1v) is 10.1. The average molecular weight is 455 g/mol. The molecule has 156 valence electrons. The number of hydrogen-bond donors (Lipinski definition) is 2. The first kappa shape index (κ1) is 21.9. The van der Waals surface area contributed by atoms with Crippen LogP contribution in [-0.2, 0) is 4.79 Å². The van der Waals surface area contributed by atoms with Crippen LogP contribution in [0.5, 0.6) is 0 Å². The van der Waals surface area contributed by atoms with E-state index in [9.17, 15) is 19.7 Å². The number of thiophene rings is 1. The van der Waals surface area contributed by atoms with Crippen LogP contribution in [0, 0.1) is 10.1 Å². The van der Waals surface area contributed by atoms with Gasteiger partial charge in [-0.1, -0.05) is 29.8 Å². The fourth-order valence-electron chi connectivity index (χ4n) is 2.42.